The number of benzene rings is 2. The summed E-state index contributed by atoms with van der Waals surface area (Å²) in [5, 5.41) is 2.89. The van der Waals surface area contributed by atoms with Gasteiger partial charge < -0.3 is 10.1 Å². The summed E-state index contributed by atoms with van der Waals surface area (Å²) in [7, 11) is -2.12. The van der Waals surface area contributed by atoms with Crippen molar-refractivity contribution in [2.75, 3.05) is 25.5 Å². The molecule has 1 saturated heterocycles. The smallest absolute Gasteiger partial charge is 0.243 e. The standard InChI is InChI=1S/C22H28N2O4S/c1-15-12-16(2)21(17(3)13-15)29(26,27)24-11-7-8-18(14-24)22(25)23-19-9-5-6-10-20(19)28-4/h5-6,9-10,12-13,18H,7-8,11,14H2,1-4H3,(H,23,25)/t18-/m0/s1. The first-order chi connectivity index (χ1) is 13.7. The van der Waals surface area contributed by atoms with Gasteiger partial charge in [-0.1, -0.05) is 29.8 Å². The number of nitrogens with zero attached hydrogens (tertiary/aromatic N) is 1. The van der Waals surface area contributed by atoms with Crippen LogP contribution in [0.5, 0.6) is 5.75 Å². The number of para-hydroxylation sites is 2. The lowest BCUT2D eigenvalue weighted by Crippen LogP contribution is -2.44. The highest BCUT2D eigenvalue weighted by molar-refractivity contribution is 7.89. The van der Waals surface area contributed by atoms with Crippen molar-refractivity contribution in [2.24, 2.45) is 5.92 Å². The summed E-state index contributed by atoms with van der Waals surface area (Å²) in [5.41, 5.74) is 3.10. The minimum absolute atomic E-state index is 0.177. The molecule has 6 nitrogen and oxygen atoms in total. The van der Waals surface area contributed by atoms with Crippen LogP contribution in [-0.2, 0) is 14.8 Å². The minimum atomic E-state index is -3.66. The third kappa shape index (κ3) is 4.46. The van der Waals surface area contributed by atoms with Crippen LogP contribution in [0.2, 0.25) is 0 Å². The Bertz CT molecular complexity index is 994. The quantitative estimate of drug-likeness (QED) is 0.807. The van der Waals surface area contributed by atoms with Gasteiger partial charge in [-0.3, -0.25) is 4.79 Å². The number of nitrogens with one attached hydrogen (secondary N) is 1. The third-order valence-corrected chi connectivity index (χ3v) is 7.49. The van der Waals surface area contributed by atoms with Crippen molar-refractivity contribution in [2.45, 2.75) is 38.5 Å². The predicted molar refractivity (Wildman–Crippen MR) is 114 cm³/mol. The van der Waals surface area contributed by atoms with Gasteiger partial charge in [0.2, 0.25) is 15.9 Å². The zero-order valence-corrected chi connectivity index (χ0v) is 18.2. The molecule has 0 bridgehead atoms. The lowest BCUT2D eigenvalue weighted by atomic mass is 9.98. The van der Waals surface area contributed by atoms with Gasteiger partial charge in [0.25, 0.3) is 0 Å². The van der Waals surface area contributed by atoms with E-state index in [0.29, 0.717) is 35.7 Å². The molecule has 1 fully saturated rings. The number of ether oxygens (including phenoxy) is 1. The molecule has 2 aromatic rings. The molecular weight excluding hydrogens is 388 g/mol. The number of amides is 1. The summed E-state index contributed by atoms with van der Waals surface area (Å²) in [5.74, 6) is -0.0201. The van der Waals surface area contributed by atoms with Crippen LogP contribution >= 0.6 is 0 Å². The number of methoxy groups -OCH3 is 1. The maximum atomic E-state index is 13.3. The number of hydrogen-bond acceptors (Lipinski definition) is 4. The fourth-order valence-corrected chi connectivity index (χ4v) is 6.00. The molecule has 0 saturated carbocycles. The zero-order valence-electron chi connectivity index (χ0n) is 17.4. The van der Waals surface area contributed by atoms with Crippen molar-refractivity contribution >= 4 is 21.6 Å². The number of carbonyl (C=O) groups is 1. The van der Waals surface area contributed by atoms with Gasteiger partial charge in [0.15, 0.2) is 0 Å². The van der Waals surface area contributed by atoms with Gasteiger partial charge in [0, 0.05) is 13.1 Å². The first-order valence-electron chi connectivity index (χ1n) is 9.76. The van der Waals surface area contributed by atoms with E-state index >= 15 is 0 Å². The third-order valence-electron chi connectivity index (χ3n) is 5.32. The van der Waals surface area contributed by atoms with Crippen LogP contribution in [0.25, 0.3) is 0 Å². The molecule has 1 aliphatic heterocycles. The Balaban J connectivity index is 1.81. The van der Waals surface area contributed by atoms with Gasteiger partial charge in [-0.2, -0.15) is 4.31 Å². The number of rotatable bonds is 5. The molecule has 1 amide bonds. The summed E-state index contributed by atoms with van der Waals surface area (Å²) in [6.45, 7) is 6.20. The van der Waals surface area contributed by atoms with E-state index in [-0.39, 0.29) is 12.5 Å². The normalized spacial score (nSPS) is 17.7. The van der Waals surface area contributed by atoms with Gasteiger partial charge in [-0.05, 0) is 56.9 Å². The summed E-state index contributed by atoms with van der Waals surface area (Å²) in [4.78, 5) is 13.2. The summed E-state index contributed by atoms with van der Waals surface area (Å²) < 4.78 is 33.4. The van der Waals surface area contributed by atoms with Crippen molar-refractivity contribution in [3.05, 3.63) is 53.1 Å². The van der Waals surface area contributed by atoms with Crippen molar-refractivity contribution in [3.8, 4) is 5.75 Å². The van der Waals surface area contributed by atoms with Crippen LogP contribution < -0.4 is 10.1 Å². The topological polar surface area (TPSA) is 75.7 Å². The molecular formula is C22H28N2O4S. The highest BCUT2D eigenvalue weighted by Crippen LogP contribution is 2.30. The van der Waals surface area contributed by atoms with Crippen molar-refractivity contribution in [3.63, 3.8) is 0 Å². The second-order valence-corrected chi connectivity index (χ2v) is 9.49. The molecule has 0 unspecified atom stereocenters. The molecule has 1 atom stereocenters. The highest BCUT2D eigenvalue weighted by Gasteiger charge is 2.35. The molecule has 0 radical (unpaired) electrons. The van der Waals surface area contributed by atoms with Crippen LogP contribution in [0, 0.1) is 26.7 Å². The number of carbonyl (C=O) groups excluding carboxylic acids is 1. The summed E-state index contributed by atoms with van der Waals surface area (Å²) in [6, 6.07) is 11.0. The molecule has 7 heteroatoms. The van der Waals surface area contributed by atoms with E-state index in [1.807, 2.05) is 45.0 Å². The van der Waals surface area contributed by atoms with E-state index in [1.54, 1.807) is 19.2 Å². The van der Waals surface area contributed by atoms with E-state index < -0.39 is 15.9 Å². The van der Waals surface area contributed by atoms with Crippen LogP contribution in [0.1, 0.15) is 29.5 Å². The lowest BCUT2D eigenvalue weighted by molar-refractivity contribution is -0.120. The average Bonchev–Trinajstić information content (AvgIpc) is 2.67. The Morgan fingerprint density at radius 2 is 1.79 bits per heavy atom. The number of anilines is 1. The number of sulfonamides is 1. The molecule has 156 valence electrons. The first kappa shape index (κ1) is 21.3. The van der Waals surface area contributed by atoms with Crippen LogP contribution in [-0.4, -0.2) is 38.8 Å². The van der Waals surface area contributed by atoms with Crippen LogP contribution in [0.15, 0.2) is 41.3 Å². The first-order valence-corrected chi connectivity index (χ1v) is 11.2. The second-order valence-electron chi connectivity index (χ2n) is 7.62. The van der Waals surface area contributed by atoms with E-state index in [2.05, 4.69) is 5.32 Å². The van der Waals surface area contributed by atoms with E-state index in [0.717, 1.165) is 16.7 Å². The molecule has 29 heavy (non-hydrogen) atoms. The van der Waals surface area contributed by atoms with E-state index in [4.69, 9.17) is 4.74 Å². The van der Waals surface area contributed by atoms with Crippen molar-refractivity contribution in [1.29, 1.82) is 0 Å². The average molecular weight is 417 g/mol. The van der Waals surface area contributed by atoms with Crippen molar-refractivity contribution in [1.82, 2.24) is 4.31 Å². The number of aryl methyl sites for hydroxylation is 3. The lowest BCUT2D eigenvalue weighted by Gasteiger charge is -2.32. The predicted octanol–water partition coefficient (Wildman–Crippen LogP) is 3.66. The number of hydrogen-bond donors (Lipinski definition) is 1. The summed E-state index contributed by atoms with van der Waals surface area (Å²) >= 11 is 0. The molecule has 0 aromatic heterocycles. The molecule has 1 heterocycles. The summed E-state index contributed by atoms with van der Waals surface area (Å²) in [6.07, 6.45) is 1.30. The van der Waals surface area contributed by atoms with Crippen LogP contribution in [0.3, 0.4) is 0 Å². The largest absolute Gasteiger partial charge is 0.495 e. The molecule has 1 N–H and O–H groups in total. The molecule has 1 aliphatic rings. The molecule has 3 rings (SSSR count). The maximum Gasteiger partial charge on any atom is 0.243 e. The Morgan fingerprint density at radius 3 is 2.45 bits per heavy atom. The minimum Gasteiger partial charge on any atom is -0.495 e. The fraction of sp³-hybridized carbons (Fsp3) is 0.409. The fourth-order valence-electron chi connectivity index (χ4n) is 4.06. The molecule has 0 spiro atoms. The second kappa shape index (κ2) is 8.55. The van der Waals surface area contributed by atoms with Gasteiger partial charge in [0.1, 0.15) is 5.75 Å². The monoisotopic (exact) mass is 416 g/mol. The van der Waals surface area contributed by atoms with Crippen LogP contribution in [0.4, 0.5) is 5.69 Å². The van der Waals surface area contributed by atoms with Crippen molar-refractivity contribution < 1.29 is 17.9 Å². The Labute approximate surface area is 172 Å². The Kier molecular flexibility index (Phi) is 6.29. The van der Waals surface area contributed by atoms with Gasteiger partial charge in [-0.25, -0.2) is 8.42 Å². The molecule has 0 aliphatic carbocycles. The SMILES string of the molecule is COc1ccccc1NC(=O)[C@H]1CCCN(S(=O)(=O)c2c(C)cc(C)cc2C)C1. The highest BCUT2D eigenvalue weighted by atomic mass is 32.2. The van der Waals surface area contributed by atoms with E-state index in [9.17, 15) is 13.2 Å². The number of piperidine rings is 1. The Morgan fingerprint density at radius 1 is 1.14 bits per heavy atom. The van der Waals surface area contributed by atoms with Gasteiger partial charge >= 0.3 is 0 Å². The van der Waals surface area contributed by atoms with Gasteiger partial charge in [-0.15, -0.1) is 0 Å². The molecule has 2 aromatic carbocycles. The van der Waals surface area contributed by atoms with Gasteiger partial charge in [0.05, 0.1) is 23.6 Å². The van der Waals surface area contributed by atoms with E-state index in [1.165, 1.54) is 4.31 Å². The Hall–Kier alpha value is -2.38. The maximum absolute atomic E-state index is 13.3. The zero-order chi connectivity index (χ0) is 21.2.